The van der Waals surface area contributed by atoms with Crippen LogP contribution < -0.4 is 10.1 Å². The van der Waals surface area contributed by atoms with Crippen molar-refractivity contribution in [1.82, 2.24) is 29.9 Å². The third-order valence-corrected chi connectivity index (χ3v) is 4.72. The molecule has 154 valence electrons. The Morgan fingerprint density at radius 3 is 2.61 bits per heavy atom. The Morgan fingerprint density at radius 1 is 1.29 bits per heavy atom. The number of piperazine rings is 1. The van der Waals surface area contributed by atoms with Gasteiger partial charge in [-0.1, -0.05) is 6.07 Å². The number of benzene rings is 1. The lowest BCUT2D eigenvalue weighted by Crippen LogP contribution is -2.52. The molecular weight excluding hydrogens is 476 g/mol. The van der Waals surface area contributed by atoms with Crippen molar-refractivity contribution in [2.45, 2.75) is 13.1 Å². The maximum atomic E-state index is 13.9. The lowest BCUT2D eigenvalue weighted by Gasteiger charge is -2.36. The average Bonchev–Trinajstić information content (AvgIpc) is 3.08. The van der Waals surface area contributed by atoms with Crippen LogP contribution in [0.5, 0.6) is 5.75 Å². The van der Waals surface area contributed by atoms with Crippen LogP contribution in [0, 0.1) is 5.82 Å². The van der Waals surface area contributed by atoms with Crippen LogP contribution in [0.3, 0.4) is 0 Å². The zero-order valence-electron chi connectivity index (χ0n) is 16.4. The van der Waals surface area contributed by atoms with Crippen molar-refractivity contribution in [3.05, 3.63) is 41.7 Å². The van der Waals surface area contributed by atoms with E-state index in [1.54, 1.807) is 30.2 Å². The van der Waals surface area contributed by atoms with Crippen molar-refractivity contribution in [3.8, 4) is 5.75 Å². The van der Waals surface area contributed by atoms with E-state index in [9.17, 15) is 4.39 Å². The number of guanidine groups is 1. The second-order valence-electron chi connectivity index (χ2n) is 6.43. The van der Waals surface area contributed by atoms with Gasteiger partial charge in [0.05, 0.1) is 13.7 Å². The van der Waals surface area contributed by atoms with Gasteiger partial charge >= 0.3 is 0 Å². The van der Waals surface area contributed by atoms with Crippen LogP contribution in [-0.4, -0.2) is 70.9 Å². The van der Waals surface area contributed by atoms with Crippen molar-refractivity contribution < 1.29 is 9.13 Å². The fourth-order valence-corrected chi connectivity index (χ4v) is 3.15. The van der Waals surface area contributed by atoms with Crippen molar-refractivity contribution in [2.75, 3.05) is 40.3 Å². The first kappa shape index (κ1) is 22.3. The summed E-state index contributed by atoms with van der Waals surface area (Å²) in [7, 11) is 5.13. The van der Waals surface area contributed by atoms with Crippen LogP contribution in [-0.2, 0) is 20.1 Å². The average molecular weight is 503 g/mol. The number of rotatable bonds is 5. The van der Waals surface area contributed by atoms with Gasteiger partial charge in [-0.2, -0.15) is 5.10 Å². The van der Waals surface area contributed by atoms with Crippen LogP contribution in [0.15, 0.2) is 29.5 Å². The quantitative estimate of drug-likeness (QED) is 0.379. The molecule has 2 heterocycles. The van der Waals surface area contributed by atoms with Gasteiger partial charge in [-0.3, -0.25) is 14.6 Å². The minimum absolute atomic E-state index is 0. The lowest BCUT2D eigenvalue weighted by molar-refractivity contribution is 0.172. The number of nitrogens with one attached hydrogen (secondary N) is 1. The maximum absolute atomic E-state index is 13.9. The molecule has 2 aromatic rings. The summed E-state index contributed by atoms with van der Waals surface area (Å²) in [5.74, 6) is 1.67. The molecule has 0 saturated carbocycles. The number of nitrogens with zero attached hydrogens (tertiary/aromatic N) is 6. The smallest absolute Gasteiger partial charge is 0.194 e. The largest absolute Gasteiger partial charge is 0.494 e. The van der Waals surface area contributed by atoms with E-state index in [0.717, 1.165) is 50.1 Å². The molecular formula is C18H27FIN7O. The van der Waals surface area contributed by atoms with Gasteiger partial charge in [0.1, 0.15) is 12.2 Å². The normalized spacial score (nSPS) is 15.3. The van der Waals surface area contributed by atoms with E-state index < -0.39 is 0 Å². The molecule has 3 rings (SSSR count). The molecule has 1 aliphatic rings. The van der Waals surface area contributed by atoms with Gasteiger partial charge in [-0.05, 0) is 17.7 Å². The maximum Gasteiger partial charge on any atom is 0.194 e. The number of aliphatic imine (C=N–C) groups is 1. The first-order valence-corrected chi connectivity index (χ1v) is 8.94. The molecule has 10 heteroatoms. The summed E-state index contributed by atoms with van der Waals surface area (Å²) in [4.78, 5) is 13.1. The van der Waals surface area contributed by atoms with E-state index in [0.29, 0.717) is 6.54 Å². The number of ether oxygens (including phenoxy) is 1. The third kappa shape index (κ3) is 5.53. The van der Waals surface area contributed by atoms with E-state index in [4.69, 9.17) is 4.74 Å². The van der Waals surface area contributed by atoms with Crippen molar-refractivity contribution >= 4 is 29.9 Å². The number of methoxy groups -OCH3 is 1. The Hall–Kier alpha value is -1.95. The first-order valence-electron chi connectivity index (χ1n) is 8.94. The first-order chi connectivity index (χ1) is 13.1. The molecule has 1 aliphatic heterocycles. The predicted octanol–water partition coefficient (Wildman–Crippen LogP) is 1.47. The number of aromatic nitrogens is 3. The zero-order chi connectivity index (χ0) is 19.2. The highest BCUT2D eigenvalue weighted by atomic mass is 127. The Bertz CT molecular complexity index is 790. The van der Waals surface area contributed by atoms with E-state index in [1.165, 1.54) is 7.11 Å². The monoisotopic (exact) mass is 503 g/mol. The van der Waals surface area contributed by atoms with Crippen LogP contribution in [0.25, 0.3) is 0 Å². The van der Waals surface area contributed by atoms with Crippen LogP contribution in [0.1, 0.15) is 11.4 Å². The summed E-state index contributed by atoms with van der Waals surface area (Å²) in [5, 5.41) is 7.41. The van der Waals surface area contributed by atoms with Crippen LogP contribution in [0.4, 0.5) is 4.39 Å². The third-order valence-electron chi connectivity index (χ3n) is 4.72. The number of aryl methyl sites for hydroxylation is 1. The van der Waals surface area contributed by atoms with E-state index in [-0.39, 0.29) is 35.5 Å². The summed E-state index contributed by atoms with van der Waals surface area (Å²) >= 11 is 0. The van der Waals surface area contributed by atoms with E-state index >= 15 is 0 Å². The topological polar surface area (TPSA) is 70.8 Å². The molecule has 8 nitrogen and oxygen atoms in total. The van der Waals surface area contributed by atoms with Crippen molar-refractivity contribution in [1.29, 1.82) is 0 Å². The summed E-state index contributed by atoms with van der Waals surface area (Å²) in [5.41, 5.74) is 0.950. The Morgan fingerprint density at radius 2 is 2.04 bits per heavy atom. The highest BCUT2D eigenvalue weighted by Crippen LogP contribution is 2.19. The number of halogens is 2. The molecule has 0 amide bonds. The highest BCUT2D eigenvalue weighted by molar-refractivity contribution is 14.0. The second kappa shape index (κ2) is 10.6. The van der Waals surface area contributed by atoms with Gasteiger partial charge in [0, 0.05) is 46.8 Å². The molecule has 0 spiro atoms. The van der Waals surface area contributed by atoms with Crippen LogP contribution in [0.2, 0.25) is 0 Å². The summed E-state index contributed by atoms with van der Waals surface area (Å²) in [6.45, 7) is 4.79. The van der Waals surface area contributed by atoms with Crippen molar-refractivity contribution in [3.63, 3.8) is 0 Å². The van der Waals surface area contributed by atoms with Crippen LogP contribution >= 0.6 is 24.0 Å². The molecule has 0 radical (unpaired) electrons. The number of hydrogen-bond acceptors (Lipinski definition) is 5. The zero-order valence-corrected chi connectivity index (χ0v) is 18.8. The van der Waals surface area contributed by atoms with Crippen molar-refractivity contribution in [2.24, 2.45) is 12.0 Å². The van der Waals surface area contributed by atoms with E-state index in [2.05, 4.69) is 30.2 Å². The summed E-state index contributed by atoms with van der Waals surface area (Å²) in [6.07, 6.45) is 1.54. The van der Waals surface area contributed by atoms with Gasteiger partial charge in [-0.25, -0.2) is 9.37 Å². The molecule has 0 bridgehead atoms. The Kier molecular flexibility index (Phi) is 8.42. The van der Waals surface area contributed by atoms with Gasteiger partial charge in [0.15, 0.2) is 17.5 Å². The SMILES string of the molecule is CN=C(NCc1ncnn1C)N1CCN(Cc2ccc(OC)c(F)c2)CC1.I. The molecule has 1 fully saturated rings. The highest BCUT2D eigenvalue weighted by Gasteiger charge is 2.20. The molecule has 0 atom stereocenters. The Balaban J connectivity index is 0.00000280. The predicted molar refractivity (Wildman–Crippen MR) is 116 cm³/mol. The number of hydrogen-bond donors (Lipinski definition) is 1. The molecule has 28 heavy (non-hydrogen) atoms. The minimum atomic E-state index is -0.318. The van der Waals surface area contributed by atoms with E-state index in [1.807, 2.05) is 13.1 Å². The van der Waals surface area contributed by atoms with Gasteiger partial charge in [-0.15, -0.1) is 24.0 Å². The molecule has 1 aromatic carbocycles. The van der Waals surface area contributed by atoms with Gasteiger partial charge in [0.2, 0.25) is 0 Å². The van der Waals surface area contributed by atoms with Gasteiger partial charge < -0.3 is 15.0 Å². The molecule has 1 aromatic heterocycles. The lowest BCUT2D eigenvalue weighted by atomic mass is 10.2. The van der Waals surface area contributed by atoms with Gasteiger partial charge in [0.25, 0.3) is 0 Å². The molecule has 1 saturated heterocycles. The molecule has 0 unspecified atom stereocenters. The Labute approximate surface area is 181 Å². The second-order valence-corrected chi connectivity index (χ2v) is 6.43. The summed E-state index contributed by atoms with van der Waals surface area (Å²) in [6, 6.07) is 5.14. The molecule has 0 aliphatic carbocycles. The minimum Gasteiger partial charge on any atom is -0.494 e. The molecule has 1 N–H and O–H groups in total. The fourth-order valence-electron chi connectivity index (χ4n) is 3.15. The summed E-state index contributed by atoms with van der Waals surface area (Å²) < 4.78 is 20.6. The fraction of sp³-hybridized carbons (Fsp3) is 0.500. The standard InChI is InChI=1S/C18H26FN7O.HI/c1-20-18(21-11-17-22-13-23-24(17)2)26-8-6-25(7-9-26)12-14-4-5-16(27-3)15(19)10-14;/h4-5,10,13H,6-9,11-12H2,1-3H3,(H,20,21);1H.